The van der Waals surface area contributed by atoms with Gasteiger partial charge in [0.2, 0.25) is 5.91 Å². The van der Waals surface area contributed by atoms with Crippen molar-refractivity contribution in [3.8, 4) is 0 Å². The zero-order valence-corrected chi connectivity index (χ0v) is 9.24. The van der Waals surface area contributed by atoms with Gasteiger partial charge >= 0.3 is 0 Å². The molecule has 2 aliphatic rings. The number of piperazine rings is 1. The molecule has 15 heavy (non-hydrogen) atoms. The third-order valence-corrected chi connectivity index (χ3v) is 3.54. The van der Waals surface area contributed by atoms with Crippen LogP contribution in [0.3, 0.4) is 0 Å². The van der Waals surface area contributed by atoms with E-state index in [2.05, 4.69) is 10.2 Å². The van der Waals surface area contributed by atoms with Crippen molar-refractivity contribution in [3.63, 3.8) is 0 Å². The number of amides is 1. The Balaban J connectivity index is 1.92. The van der Waals surface area contributed by atoms with Crippen LogP contribution in [-0.2, 0) is 4.79 Å². The lowest BCUT2D eigenvalue weighted by Crippen LogP contribution is -2.59. The number of nitrogens with two attached hydrogens (primary N) is 1. The van der Waals surface area contributed by atoms with Crippen molar-refractivity contribution in [2.45, 2.75) is 44.2 Å². The lowest BCUT2D eigenvalue weighted by molar-refractivity contribution is -0.126. The van der Waals surface area contributed by atoms with E-state index in [1.807, 2.05) is 0 Å². The van der Waals surface area contributed by atoms with Crippen molar-refractivity contribution in [3.05, 3.63) is 0 Å². The minimum absolute atomic E-state index is 0.141. The van der Waals surface area contributed by atoms with Gasteiger partial charge in [-0.1, -0.05) is 19.3 Å². The zero-order valence-electron chi connectivity index (χ0n) is 9.24. The second-order valence-corrected chi connectivity index (χ2v) is 4.72. The quantitative estimate of drug-likeness (QED) is 0.680. The normalized spacial score (nSPS) is 30.2. The van der Waals surface area contributed by atoms with E-state index >= 15 is 0 Å². The summed E-state index contributed by atoms with van der Waals surface area (Å²) in [4.78, 5) is 13.8. The van der Waals surface area contributed by atoms with Crippen LogP contribution in [-0.4, -0.2) is 42.5 Å². The Hall–Kier alpha value is -0.610. The standard InChI is InChI=1S/C11H21N3O/c12-6-9-7-14(8-11(15)13-9)10-4-2-1-3-5-10/h9-10H,1-8,12H2,(H,13,15). The van der Waals surface area contributed by atoms with Gasteiger partial charge in [0, 0.05) is 19.1 Å². The molecule has 2 rings (SSSR count). The van der Waals surface area contributed by atoms with Crippen molar-refractivity contribution >= 4 is 5.91 Å². The van der Waals surface area contributed by atoms with Crippen molar-refractivity contribution in [1.82, 2.24) is 10.2 Å². The molecule has 0 bridgehead atoms. The van der Waals surface area contributed by atoms with E-state index in [1.165, 1.54) is 32.1 Å². The zero-order chi connectivity index (χ0) is 10.7. The molecule has 4 heteroatoms. The summed E-state index contributed by atoms with van der Waals surface area (Å²) in [6.45, 7) is 2.06. The van der Waals surface area contributed by atoms with Gasteiger partial charge in [0.1, 0.15) is 0 Å². The molecule has 1 aliphatic heterocycles. The van der Waals surface area contributed by atoms with Crippen LogP contribution in [0.1, 0.15) is 32.1 Å². The summed E-state index contributed by atoms with van der Waals surface area (Å²) in [5.41, 5.74) is 5.62. The summed E-state index contributed by atoms with van der Waals surface area (Å²) < 4.78 is 0. The van der Waals surface area contributed by atoms with Crippen LogP contribution in [0, 0.1) is 0 Å². The minimum Gasteiger partial charge on any atom is -0.350 e. The molecule has 1 atom stereocenters. The summed E-state index contributed by atoms with van der Waals surface area (Å²) in [7, 11) is 0. The Labute approximate surface area is 91.2 Å². The summed E-state index contributed by atoms with van der Waals surface area (Å²) in [6.07, 6.45) is 6.50. The molecule has 1 heterocycles. The molecule has 0 aromatic rings. The first-order valence-electron chi connectivity index (χ1n) is 6.03. The van der Waals surface area contributed by atoms with Gasteiger partial charge < -0.3 is 11.1 Å². The van der Waals surface area contributed by atoms with Crippen LogP contribution in [0.2, 0.25) is 0 Å². The molecule has 2 fully saturated rings. The summed E-state index contributed by atoms with van der Waals surface area (Å²) in [6, 6.07) is 0.784. The first-order chi connectivity index (χ1) is 7.29. The second kappa shape index (κ2) is 4.94. The van der Waals surface area contributed by atoms with E-state index < -0.39 is 0 Å². The molecule has 1 saturated carbocycles. The molecule has 1 saturated heterocycles. The van der Waals surface area contributed by atoms with Crippen LogP contribution >= 0.6 is 0 Å². The molecule has 1 amide bonds. The molecule has 1 aliphatic carbocycles. The van der Waals surface area contributed by atoms with E-state index in [0.717, 1.165) is 6.54 Å². The van der Waals surface area contributed by atoms with Gasteiger partial charge in [-0.3, -0.25) is 9.69 Å². The van der Waals surface area contributed by atoms with Gasteiger partial charge in [-0.2, -0.15) is 0 Å². The summed E-state index contributed by atoms with van der Waals surface area (Å²) in [5, 5.41) is 2.93. The minimum atomic E-state index is 0.141. The highest BCUT2D eigenvalue weighted by Gasteiger charge is 2.29. The second-order valence-electron chi connectivity index (χ2n) is 4.72. The number of nitrogens with one attached hydrogen (secondary N) is 1. The van der Waals surface area contributed by atoms with E-state index in [4.69, 9.17) is 5.73 Å². The van der Waals surface area contributed by atoms with Gasteiger partial charge in [-0.15, -0.1) is 0 Å². The SMILES string of the molecule is NCC1CN(C2CCCCC2)CC(=O)N1. The molecule has 0 aromatic heterocycles. The number of hydrogen-bond donors (Lipinski definition) is 2. The monoisotopic (exact) mass is 211 g/mol. The maximum Gasteiger partial charge on any atom is 0.234 e. The predicted molar refractivity (Wildman–Crippen MR) is 59.4 cm³/mol. The molecule has 4 nitrogen and oxygen atoms in total. The van der Waals surface area contributed by atoms with E-state index in [-0.39, 0.29) is 11.9 Å². The molecular formula is C11H21N3O. The number of carbonyl (C=O) groups excluding carboxylic acids is 1. The smallest absolute Gasteiger partial charge is 0.234 e. The van der Waals surface area contributed by atoms with Gasteiger partial charge in [-0.25, -0.2) is 0 Å². The fourth-order valence-electron chi connectivity index (χ4n) is 2.71. The Morgan fingerprint density at radius 2 is 2.07 bits per heavy atom. The number of nitrogens with zero attached hydrogens (tertiary/aromatic N) is 1. The fourth-order valence-corrected chi connectivity index (χ4v) is 2.71. The van der Waals surface area contributed by atoms with Crippen LogP contribution in [0.25, 0.3) is 0 Å². The van der Waals surface area contributed by atoms with Gasteiger partial charge in [0.05, 0.1) is 12.6 Å². The molecular weight excluding hydrogens is 190 g/mol. The highest BCUT2D eigenvalue weighted by atomic mass is 16.2. The maximum atomic E-state index is 11.5. The Kier molecular flexibility index (Phi) is 3.59. The van der Waals surface area contributed by atoms with Crippen LogP contribution in [0.4, 0.5) is 0 Å². The van der Waals surface area contributed by atoms with Crippen LogP contribution in [0.15, 0.2) is 0 Å². The van der Waals surface area contributed by atoms with Crippen molar-refractivity contribution < 1.29 is 4.79 Å². The van der Waals surface area contributed by atoms with E-state index in [9.17, 15) is 4.79 Å². The fraction of sp³-hybridized carbons (Fsp3) is 0.909. The highest BCUT2D eigenvalue weighted by Crippen LogP contribution is 2.23. The average Bonchev–Trinajstić information content (AvgIpc) is 2.29. The van der Waals surface area contributed by atoms with Crippen LogP contribution in [0.5, 0.6) is 0 Å². The Bertz CT molecular complexity index is 226. The first-order valence-corrected chi connectivity index (χ1v) is 6.03. The molecule has 0 radical (unpaired) electrons. The predicted octanol–water partition coefficient (Wildman–Crippen LogP) is 0.0782. The molecule has 0 spiro atoms. The molecule has 86 valence electrons. The maximum absolute atomic E-state index is 11.5. The number of hydrogen-bond acceptors (Lipinski definition) is 3. The topological polar surface area (TPSA) is 58.4 Å². The molecule has 0 aromatic carbocycles. The van der Waals surface area contributed by atoms with Gasteiger partial charge in [-0.05, 0) is 12.8 Å². The van der Waals surface area contributed by atoms with Crippen molar-refractivity contribution in [1.29, 1.82) is 0 Å². The lowest BCUT2D eigenvalue weighted by atomic mass is 9.93. The Morgan fingerprint density at radius 3 is 2.73 bits per heavy atom. The van der Waals surface area contributed by atoms with Crippen molar-refractivity contribution in [2.24, 2.45) is 5.73 Å². The first kappa shape index (κ1) is 10.9. The number of rotatable bonds is 2. The van der Waals surface area contributed by atoms with Crippen molar-refractivity contribution in [2.75, 3.05) is 19.6 Å². The molecule has 1 unspecified atom stereocenters. The third-order valence-electron chi connectivity index (χ3n) is 3.54. The lowest BCUT2D eigenvalue weighted by Gasteiger charge is -2.39. The van der Waals surface area contributed by atoms with Crippen LogP contribution < -0.4 is 11.1 Å². The van der Waals surface area contributed by atoms with E-state index in [1.54, 1.807) is 0 Å². The number of carbonyl (C=O) groups is 1. The third kappa shape index (κ3) is 2.69. The summed E-state index contributed by atoms with van der Waals surface area (Å²) in [5.74, 6) is 0.141. The Morgan fingerprint density at radius 1 is 1.33 bits per heavy atom. The van der Waals surface area contributed by atoms with Gasteiger partial charge in [0.15, 0.2) is 0 Å². The molecule has 3 N–H and O–H groups in total. The highest BCUT2D eigenvalue weighted by molar-refractivity contribution is 5.79. The van der Waals surface area contributed by atoms with Gasteiger partial charge in [0.25, 0.3) is 0 Å². The average molecular weight is 211 g/mol. The largest absolute Gasteiger partial charge is 0.350 e. The summed E-state index contributed by atoms with van der Waals surface area (Å²) >= 11 is 0. The van der Waals surface area contributed by atoms with E-state index in [0.29, 0.717) is 19.1 Å².